The molecule has 0 aromatic heterocycles. The average Bonchev–Trinajstić information content (AvgIpc) is 2.20. The molecule has 0 aliphatic heterocycles. The molecule has 0 radical (unpaired) electrons. The zero-order chi connectivity index (χ0) is 13.5. The molecule has 0 saturated carbocycles. The molecule has 4 nitrogen and oxygen atoms in total. The molecule has 0 heterocycles. The van der Waals surface area contributed by atoms with Crippen LogP contribution in [-0.2, 0) is 0 Å². The van der Waals surface area contributed by atoms with Crippen LogP contribution >= 0.6 is 0 Å². The minimum Gasteiger partial charge on any atom is -0.409 e. The summed E-state index contributed by atoms with van der Waals surface area (Å²) in [6, 6.07) is 0.134. The molecule has 0 bridgehead atoms. The van der Waals surface area contributed by atoms with E-state index >= 15 is 0 Å². The Morgan fingerprint density at radius 2 is 1.94 bits per heavy atom. The van der Waals surface area contributed by atoms with Crippen molar-refractivity contribution in [2.75, 3.05) is 13.1 Å². The number of hydrogen-bond acceptors (Lipinski definition) is 3. The number of halogens is 3. The zero-order valence-corrected chi connectivity index (χ0v) is 10.2. The number of oxime groups is 1. The number of nitrogens with two attached hydrogens (primary N) is 1. The summed E-state index contributed by atoms with van der Waals surface area (Å²) in [7, 11) is 0. The van der Waals surface area contributed by atoms with Crippen LogP contribution in [0.15, 0.2) is 5.16 Å². The molecule has 0 aliphatic carbocycles. The van der Waals surface area contributed by atoms with Crippen molar-refractivity contribution in [2.45, 2.75) is 45.3 Å². The van der Waals surface area contributed by atoms with Crippen LogP contribution in [0.25, 0.3) is 0 Å². The van der Waals surface area contributed by atoms with E-state index in [9.17, 15) is 13.2 Å². The van der Waals surface area contributed by atoms with Crippen molar-refractivity contribution in [3.63, 3.8) is 0 Å². The maximum atomic E-state index is 12.0. The van der Waals surface area contributed by atoms with Crippen LogP contribution in [0.5, 0.6) is 0 Å². The molecule has 0 aromatic carbocycles. The van der Waals surface area contributed by atoms with Crippen LogP contribution in [0.3, 0.4) is 0 Å². The van der Waals surface area contributed by atoms with E-state index in [1.165, 1.54) is 0 Å². The molecule has 0 amide bonds. The summed E-state index contributed by atoms with van der Waals surface area (Å²) in [5.74, 6) is 0.0893. The van der Waals surface area contributed by atoms with E-state index in [4.69, 9.17) is 10.9 Å². The number of rotatable bonds is 7. The van der Waals surface area contributed by atoms with Gasteiger partial charge in [-0.3, -0.25) is 0 Å². The van der Waals surface area contributed by atoms with Gasteiger partial charge in [0.2, 0.25) is 0 Å². The van der Waals surface area contributed by atoms with Crippen molar-refractivity contribution in [3.05, 3.63) is 0 Å². The Hall–Kier alpha value is -0.980. The highest BCUT2D eigenvalue weighted by Gasteiger charge is 2.26. The SMILES string of the molecule is CC(C)N(CCCC(F)(F)F)CCC(N)=NO. The highest BCUT2D eigenvalue weighted by Crippen LogP contribution is 2.21. The summed E-state index contributed by atoms with van der Waals surface area (Å²) in [6.45, 7) is 4.65. The lowest BCUT2D eigenvalue weighted by atomic mass is 10.2. The van der Waals surface area contributed by atoms with E-state index in [-0.39, 0.29) is 18.3 Å². The highest BCUT2D eigenvalue weighted by atomic mass is 19.4. The Morgan fingerprint density at radius 1 is 1.35 bits per heavy atom. The number of alkyl halides is 3. The molecule has 0 spiro atoms. The van der Waals surface area contributed by atoms with Gasteiger partial charge < -0.3 is 15.8 Å². The molecular formula is C10H20F3N3O. The van der Waals surface area contributed by atoms with Crippen LogP contribution < -0.4 is 5.73 Å². The second-order valence-corrected chi connectivity index (χ2v) is 4.19. The van der Waals surface area contributed by atoms with Crippen molar-refractivity contribution in [2.24, 2.45) is 10.9 Å². The summed E-state index contributed by atoms with van der Waals surface area (Å²) in [4.78, 5) is 1.88. The number of nitrogens with zero attached hydrogens (tertiary/aromatic N) is 2. The van der Waals surface area contributed by atoms with Crippen molar-refractivity contribution >= 4 is 5.84 Å². The summed E-state index contributed by atoms with van der Waals surface area (Å²) in [5.41, 5.74) is 5.31. The molecule has 0 atom stereocenters. The van der Waals surface area contributed by atoms with Gasteiger partial charge in [-0.25, -0.2) is 0 Å². The first-order valence-corrected chi connectivity index (χ1v) is 5.53. The first kappa shape index (κ1) is 16.0. The van der Waals surface area contributed by atoms with Crippen LogP contribution in [0, 0.1) is 0 Å². The molecule has 0 rings (SSSR count). The minimum atomic E-state index is -4.10. The Balaban J connectivity index is 4.00. The smallest absolute Gasteiger partial charge is 0.389 e. The van der Waals surface area contributed by atoms with Gasteiger partial charge in [-0.15, -0.1) is 0 Å². The summed E-state index contributed by atoms with van der Waals surface area (Å²) in [6.07, 6.45) is -4.47. The third-order valence-electron chi connectivity index (χ3n) is 2.42. The second-order valence-electron chi connectivity index (χ2n) is 4.19. The highest BCUT2D eigenvalue weighted by molar-refractivity contribution is 5.79. The van der Waals surface area contributed by atoms with Crippen LogP contribution in [0.2, 0.25) is 0 Å². The standard InChI is InChI=1S/C10H20F3N3O/c1-8(2)16(7-4-9(14)15-17)6-3-5-10(11,12)13/h8,17H,3-7H2,1-2H3,(H2,14,15). The van der Waals surface area contributed by atoms with Crippen LogP contribution in [-0.4, -0.2) is 41.3 Å². The van der Waals surface area contributed by atoms with Gasteiger partial charge in [0.15, 0.2) is 0 Å². The summed E-state index contributed by atoms with van der Waals surface area (Å²) >= 11 is 0. The Morgan fingerprint density at radius 3 is 2.35 bits per heavy atom. The first-order valence-electron chi connectivity index (χ1n) is 5.53. The second kappa shape index (κ2) is 7.37. The lowest BCUT2D eigenvalue weighted by molar-refractivity contribution is -0.136. The van der Waals surface area contributed by atoms with Gasteiger partial charge in [-0.05, 0) is 26.8 Å². The van der Waals surface area contributed by atoms with Gasteiger partial charge in [-0.2, -0.15) is 13.2 Å². The van der Waals surface area contributed by atoms with Crippen molar-refractivity contribution in [1.82, 2.24) is 4.90 Å². The van der Waals surface area contributed by atoms with Gasteiger partial charge in [-0.1, -0.05) is 5.16 Å². The lowest BCUT2D eigenvalue weighted by Crippen LogP contribution is -2.35. The topological polar surface area (TPSA) is 61.8 Å². The van der Waals surface area contributed by atoms with E-state index in [2.05, 4.69) is 5.16 Å². The molecule has 0 aliphatic rings. The Bertz CT molecular complexity index is 241. The van der Waals surface area contributed by atoms with Gasteiger partial charge in [0.05, 0.1) is 0 Å². The first-order chi connectivity index (χ1) is 7.76. The minimum absolute atomic E-state index is 0.0673. The van der Waals surface area contributed by atoms with E-state index < -0.39 is 12.6 Å². The van der Waals surface area contributed by atoms with E-state index in [1.54, 1.807) is 0 Å². The van der Waals surface area contributed by atoms with Crippen LogP contribution in [0.1, 0.15) is 33.1 Å². The third-order valence-corrected chi connectivity index (χ3v) is 2.42. The molecule has 3 N–H and O–H groups in total. The van der Waals surface area contributed by atoms with Gasteiger partial charge >= 0.3 is 6.18 Å². The summed E-state index contributed by atoms with van der Waals surface area (Å²) < 4.78 is 36.0. The maximum Gasteiger partial charge on any atom is 0.389 e. The van der Waals surface area contributed by atoms with Crippen LogP contribution in [0.4, 0.5) is 13.2 Å². The third kappa shape index (κ3) is 8.79. The summed E-state index contributed by atoms with van der Waals surface area (Å²) in [5, 5.41) is 11.2. The van der Waals surface area contributed by atoms with E-state index in [0.717, 1.165) is 0 Å². The molecular weight excluding hydrogens is 235 g/mol. The number of hydrogen-bond donors (Lipinski definition) is 2. The predicted molar refractivity (Wildman–Crippen MR) is 60.0 cm³/mol. The van der Waals surface area contributed by atoms with Crippen molar-refractivity contribution in [1.29, 1.82) is 0 Å². The molecule has 0 saturated heterocycles. The largest absolute Gasteiger partial charge is 0.409 e. The average molecular weight is 255 g/mol. The molecule has 0 unspecified atom stereocenters. The fourth-order valence-corrected chi connectivity index (χ4v) is 1.42. The van der Waals surface area contributed by atoms with E-state index in [1.807, 2.05) is 18.7 Å². The zero-order valence-electron chi connectivity index (χ0n) is 10.2. The van der Waals surface area contributed by atoms with Gasteiger partial charge in [0, 0.05) is 25.4 Å². The predicted octanol–water partition coefficient (Wildman–Crippen LogP) is 2.18. The monoisotopic (exact) mass is 255 g/mol. The lowest BCUT2D eigenvalue weighted by Gasteiger charge is -2.26. The molecule has 102 valence electrons. The molecule has 0 fully saturated rings. The van der Waals surface area contributed by atoms with Gasteiger partial charge in [0.25, 0.3) is 0 Å². The molecule has 17 heavy (non-hydrogen) atoms. The maximum absolute atomic E-state index is 12.0. The molecule has 7 heteroatoms. The van der Waals surface area contributed by atoms with Crippen molar-refractivity contribution in [3.8, 4) is 0 Å². The number of amidine groups is 1. The quantitative estimate of drug-likeness (QED) is 0.317. The Labute approximate surface area is 99.3 Å². The normalized spacial score (nSPS) is 13.7. The fourth-order valence-electron chi connectivity index (χ4n) is 1.42. The Kier molecular flexibility index (Phi) is 6.94. The van der Waals surface area contributed by atoms with E-state index in [0.29, 0.717) is 19.5 Å². The van der Waals surface area contributed by atoms with Gasteiger partial charge in [0.1, 0.15) is 5.84 Å². The van der Waals surface area contributed by atoms with Crippen molar-refractivity contribution < 1.29 is 18.4 Å². The molecule has 0 aromatic rings. The fraction of sp³-hybridized carbons (Fsp3) is 0.900.